The van der Waals surface area contributed by atoms with Gasteiger partial charge in [0.15, 0.2) is 11.5 Å². The molecule has 0 atom stereocenters. The van der Waals surface area contributed by atoms with Gasteiger partial charge in [0.25, 0.3) is 0 Å². The summed E-state index contributed by atoms with van der Waals surface area (Å²) in [6.07, 6.45) is 1.43. The molecule has 0 bridgehead atoms. The van der Waals surface area contributed by atoms with Crippen molar-refractivity contribution in [2.24, 2.45) is 0 Å². The van der Waals surface area contributed by atoms with E-state index in [1.807, 2.05) is 19.9 Å². The third-order valence-electron chi connectivity index (χ3n) is 4.31. The van der Waals surface area contributed by atoms with Gasteiger partial charge in [-0.25, -0.2) is 4.79 Å². The molecule has 1 aromatic heterocycles. The molecule has 7 heteroatoms. The first-order chi connectivity index (χ1) is 14.2. The first-order valence-electron chi connectivity index (χ1n) is 9.60. The number of nitrogens with one attached hydrogen (secondary N) is 1. The number of nitriles is 1. The van der Waals surface area contributed by atoms with Crippen LogP contribution in [0, 0.1) is 25.2 Å². The number of ether oxygens (including phenoxy) is 3. The van der Waals surface area contributed by atoms with Crippen molar-refractivity contribution in [3.8, 4) is 17.6 Å². The smallest absolute Gasteiger partial charge is 0.340 e. The Morgan fingerprint density at radius 1 is 1.17 bits per heavy atom. The van der Waals surface area contributed by atoms with Crippen molar-refractivity contribution >= 4 is 17.8 Å². The maximum absolute atomic E-state index is 13.1. The minimum absolute atomic E-state index is 0.0300. The van der Waals surface area contributed by atoms with Gasteiger partial charge in [-0.2, -0.15) is 5.26 Å². The standard InChI is InChI=1S/C23H26N2O5/c1-7-29-23(27)21-15(5)25-14(4)20(21)22(26)17(12-24)10-16-8-9-18(30-13(2)3)19(11-16)28-6/h8-11,13,25H,7H2,1-6H3/b17-10+. The maximum atomic E-state index is 13.1. The maximum Gasteiger partial charge on any atom is 0.340 e. The highest BCUT2D eigenvalue weighted by atomic mass is 16.5. The summed E-state index contributed by atoms with van der Waals surface area (Å²) in [5, 5.41) is 9.63. The molecule has 0 aliphatic rings. The molecular weight excluding hydrogens is 384 g/mol. The van der Waals surface area contributed by atoms with Crippen molar-refractivity contribution in [1.82, 2.24) is 4.98 Å². The molecule has 0 amide bonds. The highest BCUT2D eigenvalue weighted by molar-refractivity contribution is 6.19. The van der Waals surface area contributed by atoms with E-state index >= 15 is 0 Å². The zero-order valence-corrected chi connectivity index (χ0v) is 18.1. The lowest BCUT2D eigenvalue weighted by Crippen LogP contribution is -2.13. The van der Waals surface area contributed by atoms with Crippen LogP contribution in [0.3, 0.4) is 0 Å². The molecule has 0 saturated heterocycles. The predicted octanol–water partition coefficient (Wildman–Crippen LogP) is 4.39. The third-order valence-corrected chi connectivity index (χ3v) is 4.31. The van der Waals surface area contributed by atoms with Gasteiger partial charge < -0.3 is 19.2 Å². The highest BCUT2D eigenvalue weighted by Gasteiger charge is 2.27. The van der Waals surface area contributed by atoms with Crippen LogP contribution in [0.15, 0.2) is 23.8 Å². The van der Waals surface area contributed by atoms with Gasteiger partial charge in [-0.1, -0.05) is 6.07 Å². The van der Waals surface area contributed by atoms with E-state index in [4.69, 9.17) is 14.2 Å². The lowest BCUT2D eigenvalue weighted by atomic mass is 9.98. The lowest BCUT2D eigenvalue weighted by Gasteiger charge is -2.14. The Balaban J connectivity index is 2.49. The summed E-state index contributed by atoms with van der Waals surface area (Å²) in [6, 6.07) is 7.08. The number of aromatic nitrogens is 1. The van der Waals surface area contributed by atoms with Crippen molar-refractivity contribution in [3.63, 3.8) is 0 Å². The number of H-pyrrole nitrogens is 1. The average Bonchev–Trinajstić information content (AvgIpc) is 3.00. The Bertz CT molecular complexity index is 1020. The van der Waals surface area contributed by atoms with E-state index in [0.717, 1.165) is 0 Å². The number of rotatable bonds is 8. The molecule has 1 aromatic carbocycles. The molecule has 30 heavy (non-hydrogen) atoms. The molecule has 7 nitrogen and oxygen atoms in total. The molecule has 158 valence electrons. The number of aromatic amines is 1. The molecule has 1 N–H and O–H groups in total. The number of methoxy groups -OCH3 is 1. The van der Waals surface area contributed by atoms with Crippen molar-refractivity contribution in [2.75, 3.05) is 13.7 Å². The number of carbonyl (C=O) groups is 2. The zero-order chi connectivity index (χ0) is 22.4. The van der Waals surface area contributed by atoms with Gasteiger partial charge in [-0.15, -0.1) is 0 Å². The number of ketones is 1. The molecule has 0 aliphatic carbocycles. The summed E-state index contributed by atoms with van der Waals surface area (Å²) in [7, 11) is 1.52. The van der Waals surface area contributed by atoms with Crippen LogP contribution in [0.4, 0.5) is 0 Å². The lowest BCUT2D eigenvalue weighted by molar-refractivity contribution is 0.0523. The second-order valence-corrected chi connectivity index (χ2v) is 6.92. The van der Waals surface area contributed by atoms with Crippen LogP contribution in [0.5, 0.6) is 11.5 Å². The van der Waals surface area contributed by atoms with Gasteiger partial charge in [0, 0.05) is 11.4 Å². The Morgan fingerprint density at radius 2 is 1.83 bits per heavy atom. The minimum atomic E-state index is -0.600. The first kappa shape index (κ1) is 22.8. The molecule has 0 spiro atoms. The monoisotopic (exact) mass is 410 g/mol. The van der Waals surface area contributed by atoms with Crippen LogP contribution in [0.1, 0.15) is 58.4 Å². The Hall–Kier alpha value is -3.53. The molecule has 1 heterocycles. The third kappa shape index (κ3) is 4.90. The molecule has 0 aliphatic heterocycles. The number of allylic oxidation sites excluding steroid dienone is 1. The fourth-order valence-electron chi connectivity index (χ4n) is 3.10. The zero-order valence-electron chi connectivity index (χ0n) is 18.1. The fourth-order valence-corrected chi connectivity index (χ4v) is 3.10. The van der Waals surface area contributed by atoms with Crippen LogP contribution in [-0.2, 0) is 4.74 Å². The second-order valence-electron chi connectivity index (χ2n) is 6.92. The molecule has 0 unspecified atom stereocenters. The van der Waals surface area contributed by atoms with Crippen LogP contribution in [0.25, 0.3) is 6.08 Å². The number of nitrogens with zero attached hydrogens (tertiary/aromatic N) is 1. The molecular formula is C23H26N2O5. The Kier molecular flexibility index (Phi) is 7.43. The normalized spacial score (nSPS) is 11.2. The topological polar surface area (TPSA) is 101 Å². The molecule has 0 radical (unpaired) electrons. The van der Waals surface area contributed by atoms with Crippen LogP contribution < -0.4 is 9.47 Å². The number of hydrogen-bond acceptors (Lipinski definition) is 6. The fraction of sp³-hybridized carbons (Fsp3) is 0.348. The summed E-state index contributed by atoms with van der Waals surface area (Å²) >= 11 is 0. The molecule has 0 fully saturated rings. The van der Waals surface area contributed by atoms with Crippen LogP contribution >= 0.6 is 0 Å². The van der Waals surface area contributed by atoms with Gasteiger partial charge in [0.1, 0.15) is 11.6 Å². The van der Waals surface area contributed by atoms with Crippen molar-refractivity contribution in [2.45, 2.75) is 40.7 Å². The average molecular weight is 410 g/mol. The summed E-state index contributed by atoms with van der Waals surface area (Å²) in [6.45, 7) is 9.05. The summed E-state index contributed by atoms with van der Waals surface area (Å²) in [5.74, 6) is -0.0972. The SMILES string of the molecule is CCOC(=O)c1c(C)[nH]c(C)c1C(=O)/C(C#N)=C/c1ccc(OC(C)C)c(OC)c1. The van der Waals surface area contributed by atoms with E-state index in [0.29, 0.717) is 28.5 Å². The van der Waals surface area contributed by atoms with Gasteiger partial charge in [-0.3, -0.25) is 4.79 Å². The predicted molar refractivity (Wildman–Crippen MR) is 113 cm³/mol. The number of hydrogen-bond donors (Lipinski definition) is 1. The first-order valence-corrected chi connectivity index (χ1v) is 9.60. The number of benzene rings is 1. The minimum Gasteiger partial charge on any atom is -0.493 e. The van der Waals surface area contributed by atoms with E-state index in [1.54, 1.807) is 39.0 Å². The van der Waals surface area contributed by atoms with E-state index in [2.05, 4.69) is 4.98 Å². The van der Waals surface area contributed by atoms with Crippen LogP contribution in [-0.4, -0.2) is 36.6 Å². The van der Waals surface area contributed by atoms with Gasteiger partial charge in [0.2, 0.25) is 5.78 Å². The molecule has 0 saturated carbocycles. The Morgan fingerprint density at radius 3 is 2.40 bits per heavy atom. The van der Waals surface area contributed by atoms with Crippen molar-refractivity contribution in [1.29, 1.82) is 5.26 Å². The van der Waals surface area contributed by atoms with Gasteiger partial charge in [-0.05, 0) is 58.4 Å². The van der Waals surface area contributed by atoms with Crippen molar-refractivity contribution in [3.05, 3.63) is 51.9 Å². The summed E-state index contributed by atoms with van der Waals surface area (Å²) < 4.78 is 16.1. The van der Waals surface area contributed by atoms with E-state index < -0.39 is 11.8 Å². The van der Waals surface area contributed by atoms with E-state index in [9.17, 15) is 14.9 Å². The number of carbonyl (C=O) groups excluding carboxylic acids is 2. The molecule has 2 aromatic rings. The second kappa shape index (κ2) is 9.79. The Labute approximate surface area is 176 Å². The number of aryl methyl sites for hydroxylation is 2. The van der Waals surface area contributed by atoms with Crippen molar-refractivity contribution < 1.29 is 23.8 Å². The summed E-state index contributed by atoms with van der Waals surface area (Å²) in [4.78, 5) is 28.5. The highest BCUT2D eigenvalue weighted by Crippen LogP contribution is 2.30. The van der Waals surface area contributed by atoms with Crippen LogP contribution in [0.2, 0.25) is 0 Å². The van der Waals surface area contributed by atoms with Gasteiger partial charge >= 0.3 is 5.97 Å². The van der Waals surface area contributed by atoms with E-state index in [1.165, 1.54) is 13.2 Å². The largest absolute Gasteiger partial charge is 0.493 e. The number of esters is 1. The summed E-state index contributed by atoms with van der Waals surface area (Å²) in [5.41, 5.74) is 1.80. The van der Waals surface area contributed by atoms with Gasteiger partial charge in [0.05, 0.1) is 30.9 Å². The quantitative estimate of drug-likeness (QED) is 0.300. The molecule has 2 rings (SSSR count). The van der Waals surface area contributed by atoms with E-state index in [-0.39, 0.29) is 29.4 Å². The number of Topliss-reactive ketones (excluding diaryl/α,β-unsaturated/α-hetero) is 1.